The molecule has 1 unspecified atom stereocenters. The van der Waals surface area contributed by atoms with Gasteiger partial charge in [0.25, 0.3) is 0 Å². The standard InChI is InChI=1S/C17H26ClNO/c1-13-7-9-17(10-8-13,19(2)3)16(20)12-14-5-4-6-15(18)11-14/h4-6,11,13,16,20H,7-10,12H2,1-3H3. The number of nitrogens with zero attached hydrogens (tertiary/aromatic N) is 1. The Morgan fingerprint density at radius 1 is 1.35 bits per heavy atom. The van der Waals surface area contributed by atoms with Gasteiger partial charge in [-0.25, -0.2) is 0 Å². The van der Waals surface area contributed by atoms with Crippen molar-refractivity contribution in [3.8, 4) is 0 Å². The van der Waals surface area contributed by atoms with Crippen LogP contribution in [0.4, 0.5) is 0 Å². The van der Waals surface area contributed by atoms with Crippen LogP contribution >= 0.6 is 11.6 Å². The molecule has 1 N–H and O–H groups in total. The summed E-state index contributed by atoms with van der Waals surface area (Å²) in [6.07, 6.45) is 4.87. The summed E-state index contributed by atoms with van der Waals surface area (Å²) in [4.78, 5) is 2.23. The van der Waals surface area contributed by atoms with Gasteiger partial charge in [0.1, 0.15) is 0 Å². The van der Waals surface area contributed by atoms with Crippen molar-refractivity contribution in [1.29, 1.82) is 0 Å². The van der Waals surface area contributed by atoms with Gasteiger partial charge in [-0.2, -0.15) is 0 Å². The van der Waals surface area contributed by atoms with Crippen molar-refractivity contribution in [3.05, 3.63) is 34.9 Å². The second-order valence-corrected chi connectivity index (χ2v) is 6.97. The molecule has 1 aliphatic rings. The predicted octanol–water partition coefficient (Wildman–Crippen LogP) is 3.75. The van der Waals surface area contributed by atoms with Gasteiger partial charge in [-0.3, -0.25) is 0 Å². The fourth-order valence-corrected chi connectivity index (χ4v) is 3.63. The number of hydrogen-bond donors (Lipinski definition) is 1. The van der Waals surface area contributed by atoms with Crippen molar-refractivity contribution in [2.75, 3.05) is 14.1 Å². The quantitative estimate of drug-likeness (QED) is 0.914. The predicted molar refractivity (Wildman–Crippen MR) is 85.2 cm³/mol. The summed E-state index contributed by atoms with van der Waals surface area (Å²) in [5.74, 6) is 0.779. The molecule has 0 bridgehead atoms. The van der Waals surface area contributed by atoms with Crippen molar-refractivity contribution in [2.24, 2.45) is 5.92 Å². The normalized spacial score (nSPS) is 28.6. The van der Waals surface area contributed by atoms with E-state index in [1.165, 1.54) is 12.8 Å². The van der Waals surface area contributed by atoms with Crippen LogP contribution in [0.15, 0.2) is 24.3 Å². The molecule has 0 saturated heterocycles. The van der Waals surface area contributed by atoms with Gasteiger partial charge in [0.15, 0.2) is 0 Å². The molecular formula is C17H26ClNO. The summed E-state index contributed by atoms with van der Waals surface area (Å²) >= 11 is 6.04. The van der Waals surface area contributed by atoms with Gasteiger partial charge in [0, 0.05) is 17.0 Å². The Balaban J connectivity index is 2.13. The second-order valence-electron chi connectivity index (χ2n) is 6.53. The zero-order valence-corrected chi connectivity index (χ0v) is 13.5. The fraction of sp³-hybridized carbons (Fsp3) is 0.647. The van der Waals surface area contributed by atoms with Crippen molar-refractivity contribution in [2.45, 2.75) is 50.7 Å². The van der Waals surface area contributed by atoms with E-state index in [-0.39, 0.29) is 11.6 Å². The molecule has 0 aliphatic heterocycles. The molecule has 0 radical (unpaired) electrons. The molecule has 112 valence electrons. The molecule has 1 aliphatic carbocycles. The molecule has 1 aromatic rings. The molecule has 0 heterocycles. The van der Waals surface area contributed by atoms with Crippen molar-refractivity contribution < 1.29 is 5.11 Å². The van der Waals surface area contributed by atoms with Crippen LogP contribution in [0.3, 0.4) is 0 Å². The van der Waals surface area contributed by atoms with Gasteiger partial charge in [-0.05, 0) is 63.4 Å². The van der Waals surface area contributed by atoms with Gasteiger partial charge >= 0.3 is 0 Å². The average Bonchev–Trinajstić information content (AvgIpc) is 2.39. The lowest BCUT2D eigenvalue weighted by Crippen LogP contribution is -2.56. The Labute approximate surface area is 127 Å². The molecule has 3 heteroatoms. The molecule has 20 heavy (non-hydrogen) atoms. The lowest BCUT2D eigenvalue weighted by molar-refractivity contribution is -0.0382. The minimum Gasteiger partial charge on any atom is -0.391 e. The number of benzene rings is 1. The summed E-state index contributed by atoms with van der Waals surface area (Å²) < 4.78 is 0. The average molecular weight is 296 g/mol. The Hall–Kier alpha value is -0.570. The van der Waals surface area contributed by atoms with E-state index < -0.39 is 0 Å². The van der Waals surface area contributed by atoms with Crippen LogP contribution in [0.2, 0.25) is 5.02 Å². The van der Waals surface area contributed by atoms with E-state index in [2.05, 4.69) is 25.9 Å². The van der Waals surface area contributed by atoms with E-state index in [4.69, 9.17) is 11.6 Å². The first-order valence-electron chi connectivity index (χ1n) is 7.54. The van der Waals surface area contributed by atoms with Crippen LogP contribution in [0.25, 0.3) is 0 Å². The summed E-state index contributed by atoms with van der Waals surface area (Å²) in [6.45, 7) is 2.31. The van der Waals surface area contributed by atoms with E-state index in [1.807, 2.05) is 24.3 Å². The van der Waals surface area contributed by atoms with Gasteiger partial charge in [-0.1, -0.05) is 30.7 Å². The maximum atomic E-state index is 10.8. The Kier molecular flexibility index (Phi) is 5.11. The van der Waals surface area contributed by atoms with Gasteiger partial charge in [0.2, 0.25) is 0 Å². The largest absolute Gasteiger partial charge is 0.391 e. The summed E-state index contributed by atoms with van der Waals surface area (Å²) in [6, 6.07) is 7.83. The van der Waals surface area contributed by atoms with Crippen LogP contribution in [0, 0.1) is 5.92 Å². The van der Waals surface area contributed by atoms with Gasteiger partial charge < -0.3 is 10.0 Å². The number of likely N-dealkylation sites (N-methyl/N-ethyl adjacent to an activating group) is 1. The van der Waals surface area contributed by atoms with E-state index in [0.717, 1.165) is 29.3 Å². The maximum Gasteiger partial charge on any atom is 0.0763 e. The lowest BCUT2D eigenvalue weighted by Gasteiger charge is -2.47. The Bertz CT molecular complexity index is 438. The van der Waals surface area contributed by atoms with Crippen LogP contribution in [-0.2, 0) is 6.42 Å². The number of rotatable bonds is 4. The van der Waals surface area contributed by atoms with Crippen LogP contribution in [-0.4, -0.2) is 35.7 Å². The Morgan fingerprint density at radius 3 is 2.55 bits per heavy atom. The molecular weight excluding hydrogens is 270 g/mol. The molecule has 0 aromatic heterocycles. The molecule has 0 spiro atoms. The second kappa shape index (κ2) is 6.46. The molecule has 2 rings (SSSR count). The zero-order chi connectivity index (χ0) is 14.8. The first kappa shape index (κ1) is 15.8. The number of aliphatic hydroxyl groups is 1. The number of halogens is 1. The topological polar surface area (TPSA) is 23.5 Å². The van der Waals surface area contributed by atoms with Crippen molar-refractivity contribution >= 4 is 11.6 Å². The highest BCUT2D eigenvalue weighted by atomic mass is 35.5. The number of hydrogen-bond acceptors (Lipinski definition) is 2. The summed E-state index contributed by atoms with van der Waals surface area (Å²) in [7, 11) is 4.19. The summed E-state index contributed by atoms with van der Waals surface area (Å²) in [5, 5.41) is 11.6. The third-order valence-electron chi connectivity index (χ3n) is 4.97. The highest BCUT2D eigenvalue weighted by molar-refractivity contribution is 6.30. The first-order valence-corrected chi connectivity index (χ1v) is 7.92. The smallest absolute Gasteiger partial charge is 0.0763 e. The van der Waals surface area contributed by atoms with E-state index >= 15 is 0 Å². The molecule has 1 aromatic carbocycles. The first-order chi connectivity index (χ1) is 9.44. The zero-order valence-electron chi connectivity index (χ0n) is 12.8. The summed E-state index contributed by atoms with van der Waals surface area (Å²) in [5.41, 5.74) is 1.03. The third-order valence-corrected chi connectivity index (χ3v) is 5.20. The van der Waals surface area contributed by atoms with Gasteiger partial charge in [-0.15, -0.1) is 0 Å². The van der Waals surface area contributed by atoms with E-state index in [9.17, 15) is 5.11 Å². The molecule has 1 atom stereocenters. The SMILES string of the molecule is CC1CCC(C(O)Cc2cccc(Cl)c2)(N(C)C)CC1. The molecule has 0 amide bonds. The highest BCUT2D eigenvalue weighted by Crippen LogP contribution is 2.38. The number of aliphatic hydroxyl groups excluding tert-OH is 1. The van der Waals surface area contributed by atoms with Crippen molar-refractivity contribution in [3.63, 3.8) is 0 Å². The van der Waals surface area contributed by atoms with Crippen molar-refractivity contribution in [1.82, 2.24) is 4.90 Å². The van der Waals surface area contributed by atoms with E-state index in [1.54, 1.807) is 0 Å². The Morgan fingerprint density at radius 2 is 2.00 bits per heavy atom. The van der Waals surface area contributed by atoms with Gasteiger partial charge in [0.05, 0.1) is 6.10 Å². The molecule has 1 fully saturated rings. The van der Waals surface area contributed by atoms with Crippen LogP contribution < -0.4 is 0 Å². The monoisotopic (exact) mass is 295 g/mol. The third kappa shape index (κ3) is 3.36. The maximum absolute atomic E-state index is 10.8. The highest BCUT2D eigenvalue weighted by Gasteiger charge is 2.42. The van der Waals surface area contributed by atoms with E-state index in [0.29, 0.717) is 6.42 Å². The minimum atomic E-state index is -0.344. The fourth-order valence-electron chi connectivity index (χ4n) is 3.42. The lowest BCUT2D eigenvalue weighted by atomic mass is 9.72. The molecule has 1 saturated carbocycles. The molecule has 2 nitrogen and oxygen atoms in total. The minimum absolute atomic E-state index is 0.0885. The van der Waals surface area contributed by atoms with Crippen LogP contribution in [0.5, 0.6) is 0 Å². The van der Waals surface area contributed by atoms with Crippen LogP contribution in [0.1, 0.15) is 38.2 Å².